The molecule has 1 aromatic heterocycles. The van der Waals surface area contributed by atoms with Gasteiger partial charge < -0.3 is 10.1 Å². The second-order valence-corrected chi connectivity index (χ2v) is 6.98. The number of aliphatic hydroxyl groups is 1. The van der Waals surface area contributed by atoms with E-state index in [1.807, 2.05) is 13.8 Å². The predicted molar refractivity (Wildman–Crippen MR) is 78.1 cm³/mol. The highest BCUT2D eigenvalue weighted by atomic mass is 16.2. The van der Waals surface area contributed by atoms with Crippen LogP contribution in [-0.2, 0) is 16.6 Å². The number of nitrogens with zero attached hydrogens (tertiary/aromatic N) is 1. The van der Waals surface area contributed by atoms with Crippen molar-refractivity contribution >= 4 is 5.78 Å². The quantitative estimate of drug-likeness (QED) is 0.565. The highest BCUT2D eigenvalue weighted by molar-refractivity contribution is 6.00. The Labute approximate surface area is 123 Å². The van der Waals surface area contributed by atoms with Crippen molar-refractivity contribution in [3.05, 3.63) is 39.8 Å². The number of aliphatic hydroxyl groups excluding tert-OH is 1. The highest BCUT2D eigenvalue weighted by Gasteiger charge is 2.56. The lowest BCUT2D eigenvalue weighted by Gasteiger charge is -2.53. The predicted octanol–water partition coefficient (Wildman–Crippen LogP) is 2.03. The molecule has 21 heavy (non-hydrogen) atoms. The molecule has 2 atom stereocenters. The number of Topliss-reactive ketones (excluding diaryl/α,β-unsaturated/α-hetero) is 1. The first kappa shape index (κ1) is 14.0. The van der Waals surface area contributed by atoms with Gasteiger partial charge in [0.1, 0.15) is 0 Å². The Morgan fingerprint density at radius 1 is 1.38 bits per heavy atom. The molecule has 0 spiro atoms. The van der Waals surface area contributed by atoms with Gasteiger partial charge in [0.15, 0.2) is 5.78 Å². The summed E-state index contributed by atoms with van der Waals surface area (Å²) < 4.78 is 0. The van der Waals surface area contributed by atoms with Crippen molar-refractivity contribution in [2.24, 2.45) is 11.3 Å². The molecule has 5 nitrogen and oxygen atoms in total. The van der Waals surface area contributed by atoms with Crippen molar-refractivity contribution in [1.82, 2.24) is 9.97 Å². The molecule has 112 valence electrons. The number of aromatic amines is 1. The van der Waals surface area contributed by atoms with Crippen LogP contribution < -0.4 is 5.69 Å². The third-order valence-corrected chi connectivity index (χ3v) is 5.39. The summed E-state index contributed by atoms with van der Waals surface area (Å²) >= 11 is 0. The summed E-state index contributed by atoms with van der Waals surface area (Å²) in [4.78, 5) is 30.9. The van der Waals surface area contributed by atoms with Crippen LogP contribution in [0.15, 0.2) is 22.8 Å². The Balaban J connectivity index is 2.23. The van der Waals surface area contributed by atoms with Gasteiger partial charge in [-0.05, 0) is 30.7 Å². The third kappa shape index (κ3) is 1.79. The Kier molecular flexibility index (Phi) is 2.87. The largest absolute Gasteiger partial charge is 0.515 e. The lowest BCUT2D eigenvalue weighted by Crippen LogP contribution is -2.54. The number of hydrogen-bond acceptors (Lipinski definition) is 4. The lowest BCUT2D eigenvalue weighted by molar-refractivity contribution is -0.131. The molecule has 1 saturated carbocycles. The highest BCUT2D eigenvalue weighted by Crippen LogP contribution is 2.56. The van der Waals surface area contributed by atoms with E-state index in [1.54, 1.807) is 6.20 Å². The van der Waals surface area contributed by atoms with Gasteiger partial charge in [0.05, 0.1) is 6.26 Å². The number of aromatic nitrogens is 2. The molecule has 3 rings (SSSR count). The molecule has 1 heterocycles. The van der Waals surface area contributed by atoms with Gasteiger partial charge in [-0.1, -0.05) is 20.8 Å². The molecule has 1 fully saturated rings. The number of fused-ring (bicyclic) bond motifs is 3. The number of hydrogen-bond donors (Lipinski definition) is 2. The van der Waals surface area contributed by atoms with Gasteiger partial charge in [-0.3, -0.25) is 4.79 Å². The molecule has 0 saturated heterocycles. The van der Waals surface area contributed by atoms with Crippen molar-refractivity contribution in [2.45, 2.75) is 45.4 Å². The molecular weight excluding hydrogens is 268 g/mol. The SMILES string of the molecule is CC1(C)C(=O)/C(=C\O)C[C@]2(C)c3[nH]c(=O)ncc3CC[C@@H]12. The van der Waals surface area contributed by atoms with Crippen LogP contribution in [0.1, 0.15) is 44.9 Å². The van der Waals surface area contributed by atoms with Crippen molar-refractivity contribution < 1.29 is 9.90 Å². The van der Waals surface area contributed by atoms with Crippen LogP contribution in [-0.4, -0.2) is 20.9 Å². The lowest BCUT2D eigenvalue weighted by atomic mass is 9.50. The number of carbonyl (C=O) groups is 1. The van der Waals surface area contributed by atoms with E-state index in [0.717, 1.165) is 30.4 Å². The van der Waals surface area contributed by atoms with Crippen LogP contribution in [0.2, 0.25) is 0 Å². The summed E-state index contributed by atoms with van der Waals surface area (Å²) in [7, 11) is 0. The molecule has 0 radical (unpaired) electrons. The fourth-order valence-electron chi connectivity index (χ4n) is 4.43. The summed E-state index contributed by atoms with van der Waals surface area (Å²) in [6.45, 7) is 5.94. The summed E-state index contributed by atoms with van der Waals surface area (Å²) in [5.41, 5.74) is 1.07. The minimum Gasteiger partial charge on any atom is -0.515 e. The number of ketones is 1. The van der Waals surface area contributed by atoms with Gasteiger partial charge >= 0.3 is 5.69 Å². The topological polar surface area (TPSA) is 83.0 Å². The summed E-state index contributed by atoms with van der Waals surface area (Å²) in [6, 6.07) is 0. The zero-order valence-electron chi connectivity index (χ0n) is 12.6. The fourth-order valence-corrected chi connectivity index (χ4v) is 4.43. The van der Waals surface area contributed by atoms with Crippen molar-refractivity contribution in [3.63, 3.8) is 0 Å². The fraction of sp³-hybridized carbons (Fsp3) is 0.562. The van der Waals surface area contributed by atoms with E-state index in [9.17, 15) is 14.7 Å². The Morgan fingerprint density at radius 3 is 2.76 bits per heavy atom. The molecule has 2 aliphatic carbocycles. The first-order valence-corrected chi connectivity index (χ1v) is 7.27. The number of nitrogens with one attached hydrogen (secondary N) is 1. The van der Waals surface area contributed by atoms with E-state index in [2.05, 4.69) is 16.9 Å². The summed E-state index contributed by atoms with van der Waals surface area (Å²) in [5.74, 6) is 0.138. The maximum Gasteiger partial charge on any atom is 0.345 e. The van der Waals surface area contributed by atoms with E-state index in [-0.39, 0.29) is 22.8 Å². The van der Waals surface area contributed by atoms with E-state index in [4.69, 9.17) is 0 Å². The van der Waals surface area contributed by atoms with E-state index >= 15 is 0 Å². The summed E-state index contributed by atoms with van der Waals surface area (Å²) in [6.07, 6.45) is 4.72. The molecule has 0 aromatic carbocycles. The van der Waals surface area contributed by atoms with Gasteiger partial charge in [-0.2, -0.15) is 0 Å². The van der Waals surface area contributed by atoms with Gasteiger partial charge in [0, 0.05) is 28.3 Å². The van der Waals surface area contributed by atoms with Gasteiger partial charge in [-0.25, -0.2) is 9.78 Å². The van der Waals surface area contributed by atoms with E-state index < -0.39 is 5.41 Å². The molecule has 0 bridgehead atoms. The van der Waals surface area contributed by atoms with Crippen LogP contribution in [0, 0.1) is 11.3 Å². The Morgan fingerprint density at radius 2 is 2.10 bits per heavy atom. The maximum atomic E-state index is 12.5. The van der Waals surface area contributed by atoms with Crippen molar-refractivity contribution in [3.8, 4) is 0 Å². The number of H-pyrrole nitrogens is 1. The molecule has 2 aliphatic rings. The Hall–Kier alpha value is -1.91. The molecule has 1 aromatic rings. The van der Waals surface area contributed by atoms with Gasteiger partial charge in [0.25, 0.3) is 0 Å². The van der Waals surface area contributed by atoms with Crippen molar-refractivity contribution in [2.75, 3.05) is 0 Å². The van der Waals surface area contributed by atoms with Crippen molar-refractivity contribution in [1.29, 1.82) is 0 Å². The maximum absolute atomic E-state index is 12.5. The molecule has 0 unspecified atom stereocenters. The Bertz CT molecular complexity index is 702. The van der Waals surface area contributed by atoms with Crippen LogP contribution in [0.4, 0.5) is 0 Å². The molecule has 0 aliphatic heterocycles. The molecule has 5 heteroatoms. The van der Waals surface area contributed by atoms with Crippen LogP contribution in [0.3, 0.4) is 0 Å². The minimum absolute atomic E-state index is 0.00679. The van der Waals surface area contributed by atoms with Crippen LogP contribution in [0.5, 0.6) is 0 Å². The molecular formula is C16H20N2O3. The van der Waals surface area contributed by atoms with Gasteiger partial charge in [0.2, 0.25) is 0 Å². The average Bonchev–Trinajstić information content (AvgIpc) is 2.43. The number of carbonyl (C=O) groups excluding carboxylic acids is 1. The zero-order chi connectivity index (χ0) is 15.4. The first-order valence-electron chi connectivity index (χ1n) is 7.27. The molecule has 2 N–H and O–H groups in total. The van der Waals surface area contributed by atoms with Crippen LogP contribution in [0.25, 0.3) is 0 Å². The van der Waals surface area contributed by atoms with E-state index in [0.29, 0.717) is 12.0 Å². The smallest absolute Gasteiger partial charge is 0.345 e. The molecule has 0 amide bonds. The van der Waals surface area contributed by atoms with Gasteiger partial charge in [-0.15, -0.1) is 0 Å². The number of aryl methyl sites for hydroxylation is 1. The standard InChI is InChI=1S/C16H20N2O3/c1-15(2)11-5-4-9-7-17-14(21)18-12(9)16(11,3)6-10(8-19)13(15)20/h7-8,11,19H,4-6H2,1-3H3,(H,17,18,21)/b10-8-/t11-,16-/m0/s1. The normalized spacial score (nSPS) is 32.6. The number of allylic oxidation sites excluding steroid dienone is 1. The van der Waals surface area contributed by atoms with E-state index in [1.165, 1.54) is 0 Å². The average molecular weight is 288 g/mol. The second kappa shape index (κ2) is 4.29. The second-order valence-electron chi connectivity index (χ2n) is 6.98. The zero-order valence-corrected chi connectivity index (χ0v) is 12.6. The van der Waals surface area contributed by atoms with Crippen LogP contribution >= 0.6 is 0 Å². The first-order chi connectivity index (χ1) is 9.80. The third-order valence-electron chi connectivity index (χ3n) is 5.39. The minimum atomic E-state index is -0.556. The number of rotatable bonds is 0. The monoisotopic (exact) mass is 288 g/mol. The summed E-state index contributed by atoms with van der Waals surface area (Å²) in [5, 5.41) is 9.43.